The first kappa shape index (κ1) is 23.2. The van der Waals surface area contributed by atoms with Crippen molar-refractivity contribution in [2.75, 3.05) is 26.0 Å². The van der Waals surface area contributed by atoms with Crippen LogP contribution in [0.1, 0.15) is 20.8 Å². The first-order chi connectivity index (χ1) is 12.9. The molecule has 0 spiro atoms. The summed E-state index contributed by atoms with van der Waals surface area (Å²) in [6, 6.07) is 1.74. The minimum absolute atomic E-state index is 0.118. The van der Waals surface area contributed by atoms with E-state index in [9.17, 15) is 19.2 Å². The highest BCUT2D eigenvalue weighted by Crippen LogP contribution is 2.09. The summed E-state index contributed by atoms with van der Waals surface area (Å²) in [5.74, 6) is -2.49. The van der Waals surface area contributed by atoms with Crippen LogP contribution in [0.15, 0.2) is 18.3 Å². The number of alkyl carbamates (subject to hydrolysis) is 1. The Bertz CT molecular complexity index is 730. The molecule has 0 saturated heterocycles. The maximum Gasteiger partial charge on any atom is 0.407 e. The summed E-state index contributed by atoms with van der Waals surface area (Å²) in [5.41, 5.74) is -0.722. The van der Waals surface area contributed by atoms with E-state index in [1.54, 1.807) is 20.8 Å². The highest BCUT2D eigenvalue weighted by atomic mass is 35.5. The third-order valence-corrected chi connectivity index (χ3v) is 3.29. The zero-order chi connectivity index (χ0) is 21.5. The number of pyridine rings is 1. The largest absolute Gasteiger partial charge is 0.444 e. The van der Waals surface area contributed by atoms with Crippen molar-refractivity contribution in [3.8, 4) is 0 Å². The number of halogens is 1. The maximum atomic E-state index is 12.3. The van der Waals surface area contributed by atoms with E-state index in [0.717, 1.165) is 0 Å². The Hall–Kier alpha value is -2.88. The lowest BCUT2D eigenvalue weighted by molar-refractivity contribution is -0.139. The topological polar surface area (TPSA) is 130 Å². The van der Waals surface area contributed by atoms with E-state index in [1.807, 2.05) is 0 Å². The molecular weight excluding hydrogens is 390 g/mol. The second kappa shape index (κ2) is 9.88. The first-order valence-corrected chi connectivity index (χ1v) is 8.68. The predicted molar refractivity (Wildman–Crippen MR) is 103 cm³/mol. The molecule has 0 aromatic carbocycles. The average molecular weight is 414 g/mol. The van der Waals surface area contributed by atoms with Crippen molar-refractivity contribution < 1.29 is 23.9 Å². The van der Waals surface area contributed by atoms with Crippen molar-refractivity contribution in [2.24, 2.45) is 0 Å². The summed E-state index contributed by atoms with van der Waals surface area (Å²) in [5, 5.41) is 7.32. The SMILES string of the molecule is CN(C)C(=O)[C@@H](CNC(=O)OC(C)(C)C)NC(=O)C(=O)Nc1ccc(Cl)cn1. The van der Waals surface area contributed by atoms with Crippen LogP contribution in [-0.4, -0.2) is 66.0 Å². The van der Waals surface area contributed by atoms with Gasteiger partial charge in [0, 0.05) is 20.3 Å². The minimum Gasteiger partial charge on any atom is -0.444 e. The van der Waals surface area contributed by atoms with Crippen molar-refractivity contribution in [1.82, 2.24) is 20.5 Å². The number of hydrogen-bond donors (Lipinski definition) is 3. The molecule has 0 bridgehead atoms. The van der Waals surface area contributed by atoms with Crippen molar-refractivity contribution in [2.45, 2.75) is 32.4 Å². The molecule has 0 saturated carbocycles. The van der Waals surface area contributed by atoms with Crippen LogP contribution in [0.2, 0.25) is 5.02 Å². The molecule has 0 fully saturated rings. The van der Waals surface area contributed by atoms with Crippen LogP contribution in [0, 0.1) is 0 Å². The molecule has 1 aromatic heterocycles. The van der Waals surface area contributed by atoms with Crippen molar-refractivity contribution in [1.29, 1.82) is 0 Å². The number of ether oxygens (including phenoxy) is 1. The number of nitrogens with zero attached hydrogens (tertiary/aromatic N) is 2. The van der Waals surface area contributed by atoms with Gasteiger partial charge in [-0.25, -0.2) is 9.78 Å². The highest BCUT2D eigenvalue weighted by molar-refractivity contribution is 6.40. The van der Waals surface area contributed by atoms with E-state index in [1.165, 1.54) is 37.3 Å². The number of anilines is 1. The quantitative estimate of drug-likeness (QED) is 0.611. The molecule has 11 heteroatoms. The minimum atomic E-state index is -1.17. The summed E-state index contributed by atoms with van der Waals surface area (Å²) in [4.78, 5) is 53.2. The van der Waals surface area contributed by atoms with Gasteiger partial charge in [-0.3, -0.25) is 14.4 Å². The molecule has 0 aliphatic heterocycles. The molecule has 1 aromatic rings. The lowest BCUT2D eigenvalue weighted by Gasteiger charge is -2.23. The van der Waals surface area contributed by atoms with Gasteiger partial charge in [0.25, 0.3) is 0 Å². The number of carbonyl (C=O) groups excluding carboxylic acids is 4. The molecule has 3 N–H and O–H groups in total. The molecule has 0 unspecified atom stereocenters. The molecule has 0 radical (unpaired) electrons. The van der Waals surface area contributed by atoms with Crippen molar-refractivity contribution in [3.05, 3.63) is 23.4 Å². The number of rotatable bonds is 5. The number of nitrogens with one attached hydrogen (secondary N) is 3. The molecule has 0 aliphatic carbocycles. The third-order valence-electron chi connectivity index (χ3n) is 3.07. The van der Waals surface area contributed by atoms with Crippen LogP contribution in [0.4, 0.5) is 10.6 Å². The molecule has 154 valence electrons. The molecule has 0 aliphatic rings. The molecule has 28 heavy (non-hydrogen) atoms. The Morgan fingerprint density at radius 1 is 1.18 bits per heavy atom. The van der Waals surface area contributed by atoms with Gasteiger partial charge in [0.05, 0.1) is 11.6 Å². The Labute approximate surface area is 168 Å². The van der Waals surface area contributed by atoms with Gasteiger partial charge in [-0.15, -0.1) is 0 Å². The van der Waals surface area contributed by atoms with Gasteiger partial charge in [0.2, 0.25) is 5.91 Å². The van der Waals surface area contributed by atoms with Gasteiger partial charge >= 0.3 is 17.9 Å². The molecule has 10 nitrogen and oxygen atoms in total. The maximum absolute atomic E-state index is 12.3. The zero-order valence-corrected chi connectivity index (χ0v) is 17.1. The van der Waals surface area contributed by atoms with E-state index in [-0.39, 0.29) is 12.4 Å². The van der Waals surface area contributed by atoms with Crippen LogP contribution in [0.5, 0.6) is 0 Å². The fraction of sp³-hybridized carbons (Fsp3) is 0.471. The number of hydrogen-bond acceptors (Lipinski definition) is 6. The standard InChI is InChI=1S/C17H24ClN5O5/c1-17(2,3)28-16(27)20-9-11(15(26)23(4)5)21-13(24)14(25)22-12-7-6-10(18)8-19-12/h6-8,11H,9H2,1-5H3,(H,20,27)(H,21,24)(H,19,22,25)/t11-/m1/s1. The van der Waals surface area contributed by atoms with Crippen LogP contribution in [-0.2, 0) is 19.1 Å². The summed E-state index contributed by atoms with van der Waals surface area (Å²) < 4.78 is 5.08. The Morgan fingerprint density at radius 3 is 2.32 bits per heavy atom. The van der Waals surface area contributed by atoms with Crippen molar-refractivity contribution >= 4 is 41.2 Å². The fourth-order valence-corrected chi connectivity index (χ4v) is 1.97. The number of likely N-dealkylation sites (N-methyl/N-ethyl adjacent to an activating group) is 1. The number of aromatic nitrogens is 1. The van der Waals surface area contributed by atoms with Crippen LogP contribution < -0.4 is 16.0 Å². The summed E-state index contributed by atoms with van der Waals surface area (Å²) >= 11 is 5.70. The molecule has 1 atom stereocenters. The van der Waals surface area contributed by atoms with Gasteiger partial charge < -0.3 is 25.6 Å². The fourth-order valence-electron chi connectivity index (χ4n) is 1.86. The van der Waals surface area contributed by atoms with Gasteiger partial charge in [-0.2, -0.15) is 0 Å². The summed E-state index contributed by atoms with van der Waals surface area (Å²) in [7, 11) is 2.96. The molecule has 1 rings (SSSR count). The normalized spacial score (nSPS) is 11.8. The van der Waals surface area contributed by atoms with Crippen LogP contribution in [0.25, 0.3) is 0 Å². The third kappa shape index (κ3) is 8.21. The predicted octanol–water partition coefficient (Wildman–Crippen LogP) is 0.771. The molecule has 1 heterocycles. The highest BCUT2D eigenvalue weighted by Gasteiger charge is 2.27. The smallest absolute Gasteiger partial charge is 0.407 e. The number of carbonyl (C=O) groups is 4. The van der Waals surface area contributed by atoms with E-state index in [0.29, 0.717) is 5.02 Å². The lowest BCUT2D eigenvalue weighted by atomic mass is 10.2. The van der Waals surface area contributed by atoms with E-state index in [4.69, 9.17) is 16.3 Å². The Morgan fingerprint density at radius 2 is 1.82 bits per heavy atom. The molecular formula is C17H24ClN5O5. The van der Waals surface area contributed by atoms with Crippen molar-refractivity contribution in [3.63, 3.8) is 0 Å². The summed E-state index contributed by atoms with van der Waals surface area (Å²) in [6.07, 6.45) is 0.547. The van der Waals surface area contributed by atoms with E-state index < -0.39 is 35.5 Å². The monoisotopic (exact) mass is 413 g/mol. The Kier molecular flexibility index (Phi) is 8.17. The Balaban J connectivity index is 2.72. The lowest BCUT2D eigenvalue weighted by Crippen LogP contribution is -2.54. The van der Waals surface area contributed by atoms with Crippen LogP contribution in [0.3, 0.4) is 0 Å². The van der Waals surface area contributed by atoms with Gasteiger partial charge in [-0.05, 0) is 32.9 Å². The second-order valence-electron chi connectivity index (χ2n) is 6.96. The second-order valence-corrected chi connectivity index (χ2v) is 7.39. The van der Waals surface area contributed by atoms with Gasteiger partial charge in [0.1, 0.15) is 17.5 Å². The van der Waals surface area contributed by atoms with Gasteiger partial charge in [-0.1, -0.05) is 11.6 Å². The van der Waals surface area contributed by atoms with Crippen LogP contribution >= 0.6 is 11.6 Å². The first-order valence-electron chi connectivity index (χ1n) is 8.30. The average Bonchev–Trinajstić information content (AvgIpc) is 2.58. The summed E-state index contributed by atoms with van der Waals surface area (Å²) in [6.45, 7) is 4.80. The molecule has 4 amide bonds. The number of amides is 4. The van der Waals surface area contributed by atoms with E-state index >= 15 is 0 Å². The zero-order valence-electron chi connectivity index (χ0n) is 16.3. The van der Waals surface area contributed by atoms with E-state index in [2.05, 4.69) is 20.9 Å². The van der Waals surface area contributed by atoms with Gasteiger partial charge in [0.15, 0.2) is 0 Å².